The number of carbonyl (C=O) groups is 1. The van der Waals surface area contributed by atoms with Gasteiger partial charge in [-0.05, 0) is 49.7 Å². The fraction of sp³-hybridized carbons (Fsp3) is 0.154. The molecule has 1 heterocycles. The molecule has 0 aliphatic carbocycles. The molecule has 0 unspecified atom stereocenters. The Kier molecular flexibility index (Phi) is 3.61. The maximum absolute atomic E-state index is 11.7. The second-order valence-electron chi connectivity index (χ2n) is 4.12. The summed E-state index contributed by atoms with van der Waals surface area (Å²) in [7, 11) is 0. The summed E-state index contributed by atoms with van der Waals surface area (Å²) < 4.78 is 0. The molecule has 6 heteroatoms. The Bertz CT molecular complexity index is 614. The summed E-state index contributed by atoms with van der Waals surface area (Å²) in [6.07, 6.45) is 0. The van der Waals surface area contributed by atoms with Gasteiger partial charge in [0.15, 0.2) is 5.69 Å². The largest absolute Gasteiger partial charge is 0.508 e. The van der Waals surface area contributed by atoms with E-state index < -0.39 is 0 Å². The smallest absolute Gasteiger partial charge is 0.291 e. The molecule has 0 saturated heterocycles. The number of hydrazone groups is 1. The van der Waals surface area contributed by atoms with E-state index in [2.05, 4.69) is 20.7 Å². The molecule has 0 saturated carbocycles. The zero-order valence-electron chi connectivity index (χ0n) is 10.6. The molecule has 0 fully saturated rings. The Balaban J connectivity index is 2.06. The number of hydrogen-bond acceptors (Lipinski definition) is 4. The lowest BCUT2D eigenvalue weighted by molar-refractivity contribution is 0.0950. The number of aryl methyl sites for hydroxylation is 1. The molecule has 3 N–H and O–H groups in total. The van der Waals surface area contributed by atoms with E-state index in [4.69, 9.17) is 0 Å². The minimum Gasteiger partial charge on any atom is -0.508 e. The summed E-state index contributed by atoms with van der Waals surface area (Å²) in [5.74, 6) is -0.185. The lowest BCUT2D eigenvalue weighted by atomic mass is 10.1. The molecule has 1 amide bonds. The summed E-state index contributed by atoms with van der Waals surface area (Å²) in [5, 5.41) is 19.7. The third-order valence-corrected chi connectivity index (χ3v) is 2.55. The number of rotatable bonds is 3. The van der Waals surface area contributed by atoms with Crippen LogP contribution in [-0.4, -0.2) is 26.9 Å². The maximum atomic E-state index is 11.7. The van der Waals surface area contributed by atoms with Gasteiger partial charge in [-0.25, -0.2) is 5.43 Å². The quantitative estimate of drug-likeness (QED) is 0.576. The van der Waals surface area contributed by atoms with Crippen LogP contribution in [0.5, 0.6) is 5.75 Å². The van der Waals surface area contributed by atoms with Gasteiger partial charge in [-0.15, -0.1) is 0 Å². The monoisotopic (exact) mass is 258 g/mol. The lowest BCUT2D eigenvalue weighted by Gasteiger charge is -2.01. The van der Waals surface area contributed by atoms with Crippen LogP contribution in [0.15, 0.2) is 35.4 Å². The molecule has 19 heavy (non-hydrogen) atoms. The van der Waals surface area contributed by atoms with E-state index in [0.717, 1.165) is 11.3 Å². The van der Waals surface area contributed by atoms with Crippen molar-refractivity contribution in [3.05, 3.63) is 47.3 Å². The molecule has 0 aliphatic heterocycles. The van der Waals surface area contributed by atoms with Crippen molar-refractivity contribution in [3.63, 3.8) is 0 Å². The topological polar surface area (TPSA) is 90.4 Å². The van der Waals surface area contributed by atoms with Crippen LogP contribution in [0.4, 0.5) is 0 Å². The van der Waals surface area contributed by atoms with Gasteiger partial charge in [0.05, 0.1) is 5.71 Å². The zero-order chi connectivity index (χ0) is 13.8. The molecule has 0 spiro atoms. The fourth-order valence-electron chi connectivity index (χ4n) is 1.49. The average Bonchev–Trinajstić information content (AvgIpc) is 2.83. The van der Waals surface area contributed by atoms with E-state index in [-0.39, 0.29) is 11.7 Å². The number of aromatic hydroxyl groups is 1. The number of carbonyl (C=O) groups excluding carboxylic acids is 1. The van der Waals surface area contributed by atoms with Crippen molar-refractivity contribution in [2.24, 2.45) is 5.10 Å². The van der Waals surface area contributed by atoms with Gasteiger partial charge in [0.2, 0.25) is 0 Å². The molecule has 0 aliphatic rings. The molecule has 2 aromatic rings. The van der Waals surface area contributed by atoms with Gasteiger partial charge in [-0.2, -0.15) is 10.2 Å². The molecule has 6 nitrogen and oxygen atoms in total. The van der Waals surface area contributed by atoms with Gasteiger partial charge < -0.3 is 5.11 Å². The standard InChI is InChI=1S/C13H14N4O2/c1-8-7-12(16-14-8)13(19)17-15-9(2)10-3-5-11(18)6-4-10/h3-7,18H,1-2H3,(H,14,16)(H,17,19)/b15-9-. The second-order valence-corrected chi connectivity index (χ2v) is 4.12. The Morgan fingerprint density at radius 3 is 2.63 bits per heavy atom. The lowest BCUT2D eigenvalue weighted by Crippen LogP contribution is -2.19. The van der Waals surface area contributed by atoms with Gasteiger partial charge in [-0.3, -0.25) is 9.89 Å². The predicted octanol–water partition coefficient (Wildman–Crippen LogP) is 1.58. The summed E-state index contributed by atoms with van der Waals surface area (Å²) in [4.78, 5) is 11.7. The molecule has 0 bridgehead atoms. The molecule has 2 rings (SSSR count). The van der Waals surface area contributed by atoms with Gasteiger partial charge in [0, 0.05) is 5.69 Å². The van der Waals surface area contributed by atoms with Crippen molar-refractivity contribution in [1.29, 1.82) is 0 Å². The highest BCUT2D eigenvalue weighted by Gasteiger charge is 2.08. The van der Waals surface area contributed by atoms with Crippen molar-refractivity contribution < 1.29 is 9.90 Å². The van der Waals surface area contributed by atoms with Crippen molar-refractivity contribution in [2.45, 2.75) is 13.8 Å². The molecular formula is C13H14N4O2. The van der Waals surface area contributed by atoms with Crippen LogP contribution in [0, 0.1) is 6.92 Å². The summed E-state index contributed by atoms with van der Waals surface area (Å²) in [6.45, 7) is 3.58. The van der Waals surface area contributed by atoms with E-state index in [9.17, 15) is 9.90 Å². The minimum atomic E-state index is -0.373. The van der Waals surface area contributed by atoms with Crippen LogP contribution in [-0.2, 0) is 0 Å². The molecular weight excluding hydrogens is 244 g/mol. The first-order valence-electron chi connectivity index (χ1n) is 5.72. The molecule has 0 atom stereocenters. The number of hydrogen-bond donors (Lipinski definition) is 3. The first-order chi connectivity index (χ1) is 9.06. The predicted molar refractivity (Wildman–Crippen MR) is 71.1 cm³/mol. The number of nitrogens with zero attached hydrogens (tertiary/aromatic N) is 2. The molecule has 1 aromatic carbocycles. The zero-order valence-corrected chi connectivity index (χ0v) is 10.6. The van der Waals surface area contributed by atoms with E-state index >= 15 is 0 Å². The first kappa shape index (κ1) is 12.8. The highest BCUT2D eigenvalue weighted by atomic mass is 16.3. The van der Waals surface area contributed by atoms with Crippen LogP contribution < -0.4 is 5.43 Å². The number of amides is 1. The Labute approximate surface area is 110 Å². The van der Waals surface area contributed by atoms with Crippen molar-refractivity contribution in [2.75, 3.05) is 0 Å². The number of benzene rings is 1. The Hall–Kier alpha value is -2.63. The fourth-order valence-corrected chi connectivity index (χ4v) is 1.49. The number of phenols is 1. The van der Waals surface area contributed by atoms with Gasteiger partial charge in [0.25, 0.3) is 5.91 Å². The Morgan fingerprint density at radius 1 is 1.37 bits per heavy atom. The maximum Gasteiger partial charge on any atom is 0.291 e. The summed E-state index contributed by atoms with van der Waals surface area (Å²) in [5.41, 5.74) is 4.99. The average molecular weight is 258 g/mol. The van der Waals surface area contributed by atoms with Crippen LogP contribution >= 0.6 is 0 Å². The van der Waals surface area contributed by atoms with E-state index in [1.807, 2.05) is 6.92 Å². The normalized spacial score (nSPS) is 11.4. The van der Waals surface area contributed by atoms with E-state index in [1.54, 1.807) is 37.3 Å². The minimum absolute atomic E-state index is 0.188. The molecule has 0 radical (unpaired) electrons. The summed E-state index contributed by atoms with van der Waals surface area (Å²) in [6, 6.07) is 8.21. The first-order valence-corrected chi connectivity index (χ1v) is 5.72. The number of H-pyrrole nitrogens is 1. The van der Waals surface area contributed by atoms with E-state index in [0.29, 0.717) is 11.4 Å². The van der Waals surface area contributed by atoms with Gasteiger partial charge in [0.1, 0.15) is 5.75 Å². The number of aromatic amines is 1. The Morgan fingerprint density at radius 2 is 2.05 bits per heavy atom. The van der Waals surface area contributed by atoms with Crippen molar-refractivity contribution in [3.8, 4) is 5.75 Å². The third-order valence-electron chi connectivity index (χ3n) is 2.55. The highest BCUT2D eigenvalue weighted by molar-refractivity contribution is 6.00. The van der Waals surface area contributed by atoms with Crippen molar-refractivity contribution >= 4 is 11.6 Å². The number of phenolic OH excluding ortho intramolecular Hbond substituents is 1. The van der Waals surface area contributed by atoms with Crippen LogP contribution in [0.25, 0.3) is 0 Å². The SMILES string of the molecule is C/C(=N/NC(=O)c1cc(C)[nH]n1)c1ccc(O)cc1. The highest BCUT2D eigenvalue weighted by Crippen LogP contribution is 2.10. The second kappa shape index (κ2) is 5.34. The van der Waals surface area contributed by atoms with Crippen LogP contribution in [0.1, 0.15) is 28.7 Å². The molecule has 1 aromatic heterocycles. The number of aromatic nitrogens is 2. The van der Waals surface area contributed by atoms with Crippen LogP contribution in [0.3, 0.4) is 0 Å². The summed E-state index contributed by atoms with van der Waals surface area (Å²) >= 11 is 0. The van der Waals surface area contributed by atoms with E-state index in [1.165, 1.54) is 0 Å². The van der Waals surface area contributed by atoms with Gasteiger partial charge in [-0.1, -0.05) is 0 Å². The van der Waals surface area contributed by atoms with Crippen molar-refractivity contribution in [1.82, 2.24) is 15.6 Å². The number of nitrogens with one attached hydrogen (secondary N) is 2. The van der Waals surface area contributed by atoms with Crippen LogP contribution in [0.2, 0.25) is 0 Å². The van der Waals surface area contributed by atoms with Gasteiger partial charge >= 0.3 is 0 Å². The third kappa shape index (κ3) is 3.19. The molecule has 98 valence electrons.